The molecule has 3 aromatic rings. The lowest BCUT2D eigenvalue weighted by Crippen LogP contribution is -2.70. The number of aromatic nitrogens is 1. The van der Waals surface area contributed by atoms with E-state index in [4.69, 9.17) is 0 Å². The van der Waals surface area contributed by atoms with E-state index in [0.29, 0.717) is 12.5 Å². The second-order valence-electron chi connectivity index (χ2n) is 8.08. The molecule has 2 saturated heterocycles. The van der Waals surface area contributed by atoms with Crippen molar-refractivity contribution in [1.29, 1.82) is 0 Å². The summed E-state index contributed by atoms with van der Waals surface area (Å²) in [4.78, 5) is 44.7. The van der Waals surface area contributed by atoms with Gasteiger partial charge in [0.25, 0.3) is 5.91 Å². The third-order valence-electron chi connectivity index (χ3n) is 6.08. The van der Waals surface area contributed by atoms with Crippen molar-refractivity contribution in [3.05, 3.63) is 71.4 Å². The van der Waals surface area contributed by atoms with E-state index in [0.717, 1.165) is 28.6 Å². The minimum atomic E-state index is -0.849. The van der Waals surface area contributed by atoms with Crippen LogP contribution in [-0.4, -0.2) is 64.2 Å². The Hall–Kier alpha value is -3.75. The summed E-state index contributed by atoms with van der Waals surface area (Å²) in [6, 6.07) is 8.81. The van der Waals surface area contributed by atoms with Crippen molar-refractivity contribution in [1.82, 2.24) is 20.1 Å². The average Bonchev–Trinajstić information content (AvgIpc) is 3.18. The molecule has 0 bridgehead atoms. The van der Waals surface area contributed by atoms with Gasteiger partial charge in [0.2, 0.25) is 11.8 Å². The minimum Gasteiger partial charge on any atom is -0.361 e. The van der Waals surface area contributed by atoms with Gasteiger partial charge >= 0.3 is 0 Å². The lowest BCUT2D eigenvalue weighted by molar-refractivity contribution is -0.152. The molecule has 1 aromatic heterocycles. The molecule has 2 aliphatic rings. The van der Waals surface area contributed by atoms with Crippen molar-refractivity contribution < 1.29 is 23.2 Å². The van der Waals surface area contributed by atoms with Gasteiger partial charge in [-0.2, -0.15) is 0 Å². The third kappa shape index (κ3) is 3.49. The summed E-state index contributed by atoms with van der Waals surface area (Å²) in [6.45, 7) is 0.311. The van der Waals surface area contributed by atoms with Gasteiger partial charge in [-0.25, -0.2) is 8.78 Å². The smallest absolute Gasteiger partial charge is 0.254 e. The molecular weight excluding hydrogens is 418 g/mol. The van der Waals surface area contributed by atoms with Gasteiger partial charge in [0.05, 0.1) is 6.54 Å². The van der Waals surface area contributed by atoms with Gasteiger partial charge < -0.3 is 20.1 Å². The number of carbonyl (C=O) groups is 3. The van der Waals surface area contributed by atoms with Crippen LogP contribution in [0.15, 0.2) is 48.7 Å². The average molecular weight is 438 g/mol. The Morgan fingerprint density at radius 1 is 1.06 bits per heavy atom. The van der Waals surface area contributed by atoms with Gasteiger partial charge in [-0.3, -0.25) is 14.4 Å². The summed E-state index contributed by atoms with van der Waals surface area (Å²) in [7, 11) is 0. The molecule has 32 heavy (non-hydrogen) atoms. The highest BCUT2D eigenvalue weighted by atomic mass is 19.1. The molecule has 2 N–H and O–H groups in total. The first-order valence-corrected chi connectivity index (χ1v) is 10.3. The fourth-order valence-electron chi connectivity index (χ4n) is 4.50. The number of nitrogens with zero attached hydrogens (tertiary/aromatic N) is 2. The molecule has 0 aliphatic carbocycles. The maximum absolute atomic E-state index is 13.5. The highest BCUT2D eigenvalue weighted by Gasteiger charge is 2.44. The van der Waals surface area contributed by atoms with Gasteiger partial charge in [0, 0.05) is 48.2 Å². The molecule has 3 heterocycles. The number of amides is 3. The second kappa shape index (κ2) is 7.74. The van der Waals surface area contributed by atoms with E-state index in [1.54, 1.807) is 0 Å². The molecule has 3 amide bonds. The largest absolute Gasteiger partial charge is 0.361 e. The summed E-state index contributed by atoms with van der Waals surface area (Å²) in [6.07, 6.45) is 2.19. The minimum absolute atomic E-state index is 0.0334. The lowest BCUT2D eigenvalue weighted by Gasteiger charge is -2.45. The summed E-state index contributed by atoms with van der Waals surface area (Å²) in [5.74, 6) is -2.83. The van der Waals surface area contributed by atoms with E-state index in [9.17, 15) is 23.2 Å². The van der Waals surface area contributed by atoms with Crippen LogP contribution in [0.2, 0.25) is 0 Å². The summed E-state index contributed by atoms with van der Waals surface area (Å²) in [5, 5.41) is 3.78. The molecule has 2 aliphatic heterocycles. The van der Waals surface area contributed by atoms with Crippen LogP contribution < -0.4 is 5.32 Å². The van der Waals surface area contributed by atoms with Crippen molar-refractivity contribution >= 4 is 28.6 Å². The maximum Gasteiger partial charge on any atom is 0.254 e. The number of benzene rings is 2. The zero-order valence-electron chi connectivity index (χ0n) is 17.0. The molecule has 9 heteroatoms. The van der Waals surface area contributed by atoms with Gasteiger partial charge in [-0.05, 0) is 23.8 Å². The molecule has 5 rings (SSSR count). The Kier molecular flexibility index (Phi) is 4.88. The first-order valence-electron chi connectivity index (χ1n) is 10.3. The molecule has 2 fully saturated rings. The normalized spacial score (nSPS) is 20.9. The van der Waals surface area contributed by atoms with Crippen LogP contribution >= 0.6 is 0 Å². The molecule has 2 aromatic carbocycles. The monoisotopic (exact) mass is 438 g/mol. The number of piperazine rings is 2. The van der Waals surface area contributed by atoms with Crippen molar-refractivity contribution in [3.8, 4) is 0 Å². The molecule has 0 spiro atoms. The van der Waals surface area contributed by atoms with Gasteiger partial charge in [-0.1, -0.05) is 18.2 Å². The summed E-state index contributed by atoms with van der Waals surface area (Å²) >= 11 is 0. The molecule has 0 unspecified atom stereocenters. The number of hydrogen-bond acceptors (Lipinski definition) is 3. The van der Waals surface area contributed by atoms with Crippen LogP contribution in [0.5, 0.6) is 0 Å². The zero-order valence-corrected chi connectivity index (χ0v) is 17.0. The van der Waals surface area contributed by atoms with Crippen molar-refractivity contribution in [3.63, 3.8) is 0 Å². The fourth-order valence-corrected chi connectivity index (χ4v) is 4.50. The number of H-pyrrole nitrogens is 1. The molecule has 0 saturated carbocycles. The Morgan fingerprint density at radius 2 is 1.81 bits per heavy atom. The summed E-state index contributed by atoms with van der Waals surface area (Å²) in [5.41, 5.74) is 1.76. The number of aromatic amines is 1. The number of nitrogens with one attached hydrogen (secondary N) is 2. The van der Waals surface area contributed by atoms with E-state index < -0.39 is 29.6 Å². The van der Waals surface area contributed by atoms with Crippen LogP contribution in [0.4, 0.5) is 8.78 Å². The predicted octanol–water partition coefficient (Wildman–Crippen LogP) is 1.84. The van der Waals surface area contributed by atoms with E-state index >= 15 is 0 Å². The van der Waals surface area contributed by atoms with Crippen LogP contribution in [0.1, 0.15) is 15.9 Å². The number of carbonyl (C=O) groups excluding carboxylic acids is 3. The molecular formula is C23H20F2N4O3. The fraction of sp³-hybridized carbons (Fsp3) is 0.261. The van der Waals surface area contributed by atoms with Crippen LogP contribution in [0, 0.1) is 11.6 Å². The standard InChI is InChI=1S/C23H20F2N4O3/c24-15-7-13(8-16(25)10-15)22(31)28-5-6-29-20(12-28)21(30)27-19(23(29)32)9-14-11-26-18-4-2-1-3-17(14)18/h1-4,7-8,10-11,19-20,26H,5-6,9,12H2,(H,27,30)/t19-,20+/m0/s1. The van der Waals surface area contributed by atoms with Crippen molar-refractivity contribution in [2.24, 2.45) is 0 Å². The zero-order chi connectivity index (χ0) is 22.4. The summed E-state index contributed by atoms with van der Waals surface area (Å²) < 4.78 is 27.0. The van der Waals surface area contributed by atoms with Crippen molar-refractivity contribution in [2.75, 3.05) is 19.6 Å². The first-order chi connectivity index (χ1) is 15.4. The van der Waals surface area contributed by atoms with E-state index in [1.807, 2.05) is 30.5 Å². The van der Waals surface area contributed by atoms with E-state index in [1.165, 1.54) is 9.80 Å². The SMILES string of the molecule is O=C1N[C@@H](Cc2c[nH]c3ccccc23)C(=O)N2CCN(C(=O)c3cc(F)cc(F)c3)C[C@H]12. The van der Waals surface area contributed by atoms with Crippen LogP contribution in [-0.2, 0) is 16.0 Å². The number of rotatable bonds is 3. The number of halogens is 2. The Balaban J connectivity index is 1.31. The van der Waals surface area contributed by atoms with Gasteiger partial charge in [-0.15, -0.1) is 0 Å². The van der Waals surface area contributed by atoms with Crippen molar-refractivity contribution in [2.45, 2.75) is 18.5 Å². The van der Waals surface area contributed by atoms with Crippen LogP contribution in [0.3, 0.4) is 0 Å². The third-order valence-corrected chi connectivity index (χ3v) is 6.08. The maximum atomic E-state index is 13.5. The molecule has 0 radical (unpaired) electrons. The highest BCUT2D eigenvalue weighted by Crippen LogP contribution is 2.23. The highest BCUT2D eigenvalue weighted by molar-refractivity contribution is 5.99. The predicted molar refractivity (Wildman–Crippen MR) is 112 cm³/mol. The van der Waals surface area contributed by atoms with Gasteiger partial charge in [0.15, 0.2) is 0 Å². The van der Waals surface area contributed by atoms with E-state index in [-0.39, 0.29) is 37.0 Å². The topological polar surface area (TPSA) is 85.5 Å². The first kappa shape index (κ1) is 20.2. The Labute approximate surface area is 182 Å². The van der Waals surface area contributed by atoms with E-state index in [2.05, 4.69) is 10.3 Å². The second-order valence-corrected chi connectivity index (χ2v) is 8.08. The van der Waals surface area contributed by atoms with Crippen LogP contribution in [0.25, 0.3) is 10.9 Å². The molecule has 2 atom stereocenters. The molecule has 164 valence electrons. The van der Waals surface area contributed by atoms with Gasteiger partial charge in [0.1, 0.15) is 23.7 Å². The lowest BCUT2D eigenvalue weighted by atomic mass is 9.98. The number of fused-ring (bicyclic) bond motifs is 2. The Bertz CT molecular complexity index is 1220. The Morgan fingerprint density at radius 3 is 2.59 bits per heavy atom. The quantitative estimate of drug-likeness (QED) is 0.655. The number of para-hydroxylation sites is 1. The molecule has 7 nitrogen and oxygen atoms in total. The number of hydrogen-bond donors (Lipinski definition) is 2.